The van der Waals surface area contributed by atoms with E-state index in [1.165, 1.54) is 16.6 Å². The predicted octanol–water partition coefficient (Wildman–Crippen LogP) is -1.46. The van der Waals surface area contributed by atoms with E-state index in [2.05, 4.69) is 59.1 Å². The van der Waals surface area contributed by atoms with Gasteiger partial charge in [-0.05, 0) is 36.2 Å². The number of hydrogen-bond donors (Lipinski definition) is 0. The van der Waals surface area contributed by atoms with E-state index in [1.807, 2.05) is 30.6 Å². The van der Waals surface area contributed by atoms with Crippen LogP contribution < -0.4 is 23.0 Å². The second-order valence-electron chi connectivity index (χ2n) is 4.94. The lowest BCUT2D eigenvalue weighted by atomic mass is 10.1. The van der Waals surface area contributed by atoms with Crippen molar-refractivity contribution >= 4 is 17.7 Å². The Morgan fingerprint density at radius 1 is 1.00 bits per heavy atom. The molecule has 6 nitrogen and oxygen atoms in total. The minimum atomic E-state index is -4.94. The molecule has 0 unspecified atom stereocenters. The van der Waals surface area contributed by atoms with Crippen LogP contribution in [0.4, 0.5) is 0 Å². The minimum absolute atomic E-state index is 1.16. The molecule has 0 bridgehead atoms. The summed E-state index contributed by atoms with van der Waals surface area (Å²) in [4.78, 5) is 4.02. The van der Waals surface area contributed by atoms with Crippen molar-refractivity contribution < 1.29 is 33.3 Å². The number of hydrogen-bond acceptors (Lipinski definition) is 5. The number of aryl methyl sites for hydroxylation is 1. The van der Waals surface area contributed by atoms with Gasteiger partial charge >= 0.3 is 0 Å². The van der Waals surface area contributed by atoms with Gasteiger partial charge in [0.15, 0.2) is 12.4 Å². The third-order valence-corrected chi connectivity index (χ3v) is 3.18. The number of halogens is 1. The van der Waals surface area contributed by atoms with Gasteiger partial charge in [0.05, 0.1) is 0 Å². The fourth-order valence-electron chi connectivity index (χ4n) is 2.11. The molecule has 0 saturated heterocycles. The van der Waals surface area contributed by atoms with Crippen molar-refractivity contribution in [2.75, 3.05) is 0 Å². The largest absolute Gasteiger partial charge is 0.265 e. The van der Waals surface area contributed by atoms with Gasteiger partial charge < -0.3 is 0 Å². The molecule has 124 valence electrons. The molecule has 0 aliphatic carbocycles. The summed E-state index contributed by atoms with van der Waals surface area (Å²) in [6.45, 7) is 2.13. The number of nitrogens with zero attached hydrogens (tertiary/aromatic N) is 2. The topological polar surface area (TPSA) is 109 Å². The molecule has 0 atom stereocenters. The van der Waals surface area contributed by atoms with E-state index in [0.29, 0.717) is 0 Å². The zero-order valence-electron chi connectivity index (χ0n) is 12.8. The van der Waals surface area contributed by atoms with E-state index < -0.39 is 10.2 Å². The van der Waals surface area contributed by atoms with Gasteiger partial charge in [-0.2, -0.15) is 4.40 Å². The molecule has 0 aromatic carbocycles. The molecule has 0 fully saturated rings. The number of pyridine rings is 3. The van der Waals surface area contributed by atoms with Crippen LogP contribution in [0.5, 0.6) is 0 Å². The normalized spacial score (nSPS) is 11.4. The second kappa shape index (κ2) is 7.96. The molecule has 3 heterocycles. The molecule has 0 spiro atoms. The molecule has 0 saturated carbocycles. The summed E-state index contributed by atoms with van der Waals surface area (Å²) in [6.07, 6.45) is 12.1. The first-order chi connectivity index (χ1) is 11.3. The molecule has 7 heteroatoms. The van der Waals surface area contributed by atoms with Crippen LogP contribution in [-0.2, 0) is 0 Å². The van der Waals surface area contributed by atoms with Crippen molar-refractivity contribution in [3.8, 4) is 0 Å². The van der Waals surface area contributed by atoms with Crippen LogP contribution in [0.25, 0.3) is 17.7 Å². The fraction of sp³-hybridized carbons (Fsp3) is 0.0588. The van der Waals surface area contributed by atoms with Crippen LogP contribution in [0, 0.1) is 17.2 Å². The van der Waals surface area contributed by atoms with Crippen molar-refractivity contribution in [1.82, 2.24) is 4.98 Å². The lowest BCUT2D eigenvalue weighted by molar-refractivity contribution is -2.00. The fourth-order valence-corrected chi connectivity index (χ4v) is 2.11. The maximum Gasteiger partial charge on any atom is 0.211 e. The standard InChI is InChI=1S/C17H15N2.ClHO4/c1-14-13-19-11-3-2-4-17(19)12-16(14)6-5-15-7-9-18-10-8-15;2-1(3,4)5/h2-13H,1H3;(H,2,3,4,5)/q+1;/p-1/b6-5+;. The third kappa shape index (κ3) is 6.04. The van der Waals surface area contributed by atoms with Gasteiger partial charge in [0.25, 0.3) is 0 Å². The van der Waals surface area contributed by atoms with Crippen LogP contribution in [0.2, 0.25) is 0 Å². The summed E-state index contributed by atoms with van der Waals surface area (Å²) in [7, 11) is -4.94. The van der Waals surface area contributed by atoms with Crippen molar-refractivity contribution in [3.63, 3.8) is 0 Å². The molecule has 0 radical (unpaired) electrons. The predicted molar refractivity (Wildman–Crippen MR) is 77.5 cm³/mol. The molecule has 3 rings (SSSR count). The lowest BCUT2D eigenvalue weighted by Crippen LogP contribution is -2.68. The van der Waals surface area contributed by atoms with Crippen LogP contribution in [0.1, 0.15) is 16.7 Å². The summed E-state index contributed by atoms with van der Waals surface area (Å²) in [5, 5.41) is 0. The highest BCUT2D eigenvalue weighted by Gasteiger charge is 2.04. The Hall–Kier alpha value is -2.35. The first-order valence-corrected chi connectivity index (χ1v) is 8.17. The Morgan fingerprint density at radius 2 is 1.67 bits per heavy atom. The summed E-state index contributed by atoms with van der Waals surface area (Å²) in [5.74, 6) is 0. The molecule has 0 aliphatic heterocycles. The SMILES string of the molecule is Cc1c[n+]2ccccc2cc1/C=C/c1ccncc1.[O-][Cl+3]([O-])([O-])[O-]. The summed E-state index contributed by atoms with van der Waals surface area (Å²) in [5.41, 5.74) is 4.86. The minimum Gasteiger partial charge on any atom is -0.265 e. The number of rotatable bonds is 2. The Morgan fingerprint density at radius 3 is 2.33 bits per heavy atom. The average molecular weight is 347 g/mol. The molecule has 3 aromatic rings. The molecule has 0 N–H and O–H groups in total. The van der Waals surface area contributed by atoms with E-state index in [9.17, 15) is 0 Å². The van der Waals surface area contributed by atoms with E-state index in [0.717, 1.165) is 5.56 Å². The summed E-state index contributed by atoms with van der Waals surface area (Å²) >= 11 is 0. The van der Waals surface area contributed by atoms with Crippen molar-refractivity contribution in [2.45, 2.75) is 6.92 Å². The lowest BCUT2D eigenvalue weighted by Gasteiger charge is -2.17. The van der Waals surface area contributed by atoms with Crippen molar-refractivity contribution in [1.29, 1.82) is 0 Å². The highest BCUT2D eigenvalue weighted by molar-refractivity contribution is 5.72. The molecule has 0 aliphatic rings. The van der Waals surface area contributed by atoms with Gasteiger partial charge in [0.2, 0.25) is 5.52 Å². The highest BCUT2D eigenvalue weighted by Crippen LogP contribution is 2.12. The highest BCUT2D eigenvalue weighted by atomic mass is 35.7. The van der Waals surface area contributed by atoms with E-state index in [4.69, 9.17) is 18.6 Å². The number of fused-ring (bicyclic) bond motifs is 1. The average Bonchev–Trinajstić information content (AvgIpc) is 2.52. The summed E-state index contributed by atoms with van der Waals surface area (Å²) in [6, 6.07) is 12.4. The quantitative estimate of drug-likeness (QED) is 0.527. The van der Waals surface area contributed by atoms with Crippen molar-refractivity contribution in [2.24, 2.45) is 0 Å². The van der Waals surface area contributed by atoms with Gasteiger partial charge in [-0.3, -0.25) is 4.98 Å². The van der Waals surface area contributed by atoms with Crippen LogP contribution in [-0.4, -0.2) is 4.98 Å². The maximum absolute atomic E-state index is 8.49. The monoisotopic (exact) mass is 346 g/mol. The molecular weight excluding hydrogens is 332 g/mol. The molecular formula is C17H15ClN2O4. The first kappa shape index (κ1) is 18.0. The van der Waals surface area contributed by atoms with Gasteiger partial charge in [0, 0.05) is 36.2 Å². The van der Waals surface area contributed by atoms with Crippen LogP contribution in [0.15, 0.2) is 61.2 Å². The number of aromatic nitrogens is 2. The first-order valence-electron chi connectivity index (χ1n) is 6.93. The molecule has 3 aromatic heterocycles. The molecule has 24 heavy (non-hydrogen) atoms. The smallest absolute Gasteiger partial charge is 0.211 e. The van der Waals surface area contributed by atoms with E-state index in [1.54, 1.807) is 0 Å². The van der Waals surface area contributed by atoms with Crippen LogP contribution >= 0.6 is 0 Å². The Labute approximate surface area is 141 Å². The Kier molecular flexibility index (Phi) is 5.97. The molecule has 0 amide bonds. The zero-order chi connectivity index (χ0) is 17.6. The third-order valence-electron chi connectivity index (χ3n) is 3.18. The van der Waals surface area contributed by atoms with E-state index in [-0.39, 0.29) is 0 Å². The second-order valence-corrected chi connectivity index (χ2v) is 5.69. The van der Waals surface area contributed by atoms with Gasteiger partial charge in [-0.1, -0.05) is 12.2 Å². The summed E-state index contributed by atoms with van der Waals surface area (Å²) < 4.78 is 36.1. The Balaban J connectivity index is 0.000000368. The van der Waals surface area contributed by atoms with Crippen molar-refractivity contribution in [3.05, 3.63) is 77.9 Å². The maximum atomic E-state index is 8.49. The van der Waals surface area contributed by atoms with Crippen LogP contribution in [0.3, 0.4) is 0 Å². The Bertz CT molecular complexity index is 827. The van der Waals surface area contributed by atoms with Gasteiger partial charge in [-0.25, -0.2) is 18.6 Å². The van der Waals surface area contributed by atoms with Gasteiger partial charge in [-0.15, -0.1) is 10.2 Å². The van der Waals surface area contributed by atoms with E-state index >= 15 is 0 Å². The van der Waals surface area contributed by atoms with Gasteiger partial charge in [0.1, 0.15) is 0 Å². The zero-order valence-corrected chi connectivity index (χ0v) is 13.6.